The highest BCUT2D eigenvalue weighted by molar-refractivity contribution is 7.80. The number of aryl methyl sites for hydroxylation is 1. The van der Waals surface area contributed by atoms with Gasteiger partial charge in [0.1, 0.15) is 5.75 Å². The van der Waals surface area contributed by atoms with Crippen molar-refractivity contribution in [3.05, 3.63) is 59.7 Å². The summed E-state index contributed by atoms with van der Waals surface area (Å²) in [5, 5.41) is 6.78. The van der Waals surface area contributed by atoms with Gasteiger partial charge in [-0.1, -0.05) is 24.3 Å². The largest absolute Gasteiger partial charge is 0.496 e. The molecular weight excluding hydrogens is 348 g/mol. The molecule has 6 heteroatoms. The Kier molecular flexibility index (Phi) is 7.89. The molecule has 138 valence electrons. The minimum atomic E-state index is -0.341. The molecule has 0 bridgehead atoms. The van der Waals surface area contributed by atoms with Crippen molar-refractivity contribution in [2.75, 3.05) is 25.6 Å². The number of hydrogen-bond acceptors (Lipinski definition) is 4. The summed E-state index contributed by atoms with van der Waals surface area (Å²) in [7, 11) is 1.68. The van der Waals surface area contributed by atoms with Crippen LogP contribution in [-0.2, 0) is 11.2 Å². The van der Waals surface area contributed by atoms with Gasteiger partial charge in [-0.15, -0.1) is 0 Å². The zero-order valence-electron chi connectivity index (χ0n) is 15.1. The van der Waals surface area contributed by atoms with Crippen LogP contribution in [0.5, 0.6) is 5.75 Å². The molecule has 0 radical (unpaired) electrons. The predicted molar refractivity (Wildman–Crippen MR) is 108 cm³/mol. The molecule has 0 aliphatic rings. The molecule has 0 heterocycles. The lowest BCUT2D eigenvalue weighted by Crippen LogP contribution is -2.29. The van der Waals surface area contributed by atoms with Crippen LogP contribution in [0.3, 0.4) is 0 Å². The van der Waals surface area contributed by atoms with Crippen LogP contribution < -0.4 is 15.4 Å². The van der Waals surface area contributed by atoms with Crippen LogP contribution in [0.1, 0.15) is 29.3 Å². The van der Waals surface area contributed by atoms with Crippen molar-refractivity contribution in [1.82, 2.24) is 5.32 Å². The number of methoxy groups -OCH3 is 1. The van der Waals surface area contributed by atoms with Gasteiger partial charge in [0.2, 0.25) is 0 Å². The van der Waals surface area contributed by atoms with Gasteiger partial charge in [-0.05, 0) is 61.8 Å². The quantitative estimate of drug-likeness (QED) is 0.418. The molecule has 2 rings (SSSR count). The summed E-state index contributed by atoms with van der Waals surface area (Å²) >= 11 is 5.31. The highest BCUT2D eigenvalue weighted by Crippen LogP contribution is 2.18. The van der Waals surface area contributed by atoms with Crippen LogP contribution >= 0.6 is 12.2 Å². The number of nitrogens with one attached hydrogen (secondary N) is 2. The summed E-state index contributed by atoms with van der Waals surface area (Å²) in [6, 6.07) is 15.1. The number of carbonyl (C=O) groups excluding carboxylic acids is 1. The Labute approximate surface area is 159 Å². The van der Waals surface area contributed by atoms with Crippen molar-refractivity contribution in [3.63, 3.8) is 0 Å². The van der Waals surface area contributed by atoms with E-state index in [4.69, 9.17) is 21.7 Å². The first kappa shape index (κ1) is 19.7. The van der Waals surface area contributed by atoms with Gasteiger partial charge in [0.25, 0.3) is 0 Å². The number of esters is 1. The average molecular weight is 372 g/mol. The number of benzene rings is 2. The van der Waals surface area contributed by atoms with E-state index < -0.39 is 0 Å². The fourth-order valence-corrected chi connectivity index (χ4v) is 2.72. The SMILES string of the molecule is CCOC(=O)c1cccc(NC(=S)NCCCc2ccccc2OC)c1. The summed E-state index contributed by atoms with van der Waals surface area (Å²) in [6.07, 6.45) is 1.82. The standard InChI is InChI=1S/C20H24N2O3S/c1-3-25-19(23)16-9-6-11-17(14-16)22-20(26)21-13-7-10-15-8-4-5-12-18(15)24-2/h4-6,8-9,11-12,14H,3,7,10,13H2,1-2H3,(H2,21,22,26). The van der Waals surface area contributed by atoms with Crippen molar-refractivity contribution in [2.45, 2.75) is 19.8 Å². The molecule has 0 saturated carbocycles. The molecule has 2 aromatic rings. The Morgan fingerprint density at radius 2 is 1.96 bits per heavy atom. The molecule has 0 saturated heterocycles. The molecule has 2 N–H and O–H groups in total. The molecule has 0 unspecified atom stereocenters. The monoisotopic (exact) mass is 372 g/mol. The highest BCUT2D eigenvalue weighted by atomic mass is 32.1. The Hall–Kier alpha value is -2.60. The lowest BCUT2D eigenvalue weighted by atomic mass is 10.1. The van der Waals surface area contributed by atoms with Crippen molar-refractivity contribution < 1.29 is 14.3 Å². The minimum absolute atomic E-state index is 0.341. The minimum Gasteiger partial charge on any atom is -0.496 e. The molecule has 0 amide bonds. The van der Waals surface area contributed by atoms with E-state index >= 15 is 0 Å². The zero-order valence-corrected chi connectivity index (χ0v) is 15.9. The summed E-state index contributed by atoms with van der Waals surface area (Å²) in [5.41, 5.74) is 2.42. The first-order valence-corrected chi connectivity index (χ1v) is 8.98. The van der Waals surface area contributed by atoms with E-state index in [9.17, 15) is 4.79 Å². The van der Waals surface area contributed by atoms with Crippen LogP contribution in [0.4, 0.5) is 5.69 Å². The van der Waals surface area contributed by atoms with E-state index in [0.29, 0.717) is 17.3 Å². The summed E-state index contributed by atoms with van der Waals surface area (Å²) in [4.78, 5) is 11.8. The number of anilines is 1. The maximum Gasteiger partial charge on any atom is 0.338 e. The number of ether oxygens (including phenoxy) is 2. The van der Waals surface area contributed by atoms with Gasteiger partial charge in [-0.3, -0.25) is 0 Å². The second-order valence-corrected chi connectivity index (χ2v) is 6.01. The van der Waals surface area contributed by atoms with Gasteiger partial charge >= 0.3 is 5.97 Å². The second-order valence-electron chi connectivity index (χ2n) is 5.60. The lowest BCUT2D eigenvalue weighted by molar-refractivity contribution is 0.0526. The first-order chi connectivity index (χ1) is 12.6. The van der Waals surface area contributed by atoms with Crippen LogP contribution in [0, 0.1) is 0 Å². The smallest absolute Gasteiger partial charge is 0.338 e. The Balaban J connectivity index is 1.78. The van der Waals surface area contributed by atoms with Crippen molar-refractivity contribution >= 4 is 29.0 Å². The molecule has 0 spiro atoms. The fraction of sp³-hybridized carbons (Fsp3) is 0.300. The van der Waals surface area contributed by atoms with Gasteiger partial charge < -0.3 is 20.1 Å². The van der Waals surface area contributed by atoms with Gasteiger partial charge in [0.05, 0.1) is 19.3 Å². The summed E-state index contributed by atoms with van der Waals surface area (Å²) in [5.74, 6) is 0.566. The number of hydrogen-bond donors (Lipinski definition) is 2. The van der Waals surface area contributed by atoms with Crippen LogP contribution in [0.15, 0.2) is 48.5 Å². The topological polar surface area (TPSA) is 59.6 Å². The molecule has 0 aromatic heterocycles. The van der Waals surface area contributed by atoms with E-state index in [1.165, 1.54) is 5.56 Å². The lowest BCUT2D eigenvalue weighted by Gasteiger charge is -2.12. The van der Waals surface area contributed by atoms with Gasteiger partial charge in [-0.2, -0.15) is 0 Å². The fourth-order valence-electron chi connectivity index (χ4n) is 2.50. The predicted octanol–water partition coefficient (Wildman–Crippen LogP) is 3.79. The van der Waals surface area contributed by atoms with E-state index in [-0.39, 0.29) is 5.97 Å². The molecule has 2 aromatic carbocycles. The highest BCUT2D eigenvalue weighted by Gasteiger charge is 2.07. The molecular formula is C20H24N2O3S. The van der Waals surface area contributed by atoms with Crippen LogP contribution in [-0.4, -0.2) is 31.3 Å². The van der Waals surface area contributed by atoms with Crippen LogP contribution in [0.2, 0.25) is 0 Å². The Bertz CT molecular complexity index is 749. The van der Waals surface area contributed by atoms with E-state index in [0.717, 1.165) is 30.8 Å². The molecule has 0 fully saturated rings. The third-order valence-electron chi connectivity index (χ3n) is 3.73. The second kappa shape index (κ2) is 10.4. The van der Waals surface area contributed by atoms with Gasteiger partial charge in [0, 0.05) is 12.2 Å². The number of carbonyl (C=O) groups is 1. The normalized spacial score (nSPS) is 10.1. The van der Waals surface area contributed by atoms with Crippen molar-refractivity contribution in [3.8, 4) is 5.75 Å². The first-order valence-electron chi connectivity index (χ1n) is 8.58. The molecule has 26 heavy (non-hydrogen) atoms. The third-order valence-corrected chi connectivity index (χ3v) is 3.98. The molecule has 0 aliphatic carbocycles. The molecule has 0 atom stereocenters. The Morgan fingerprint density at radius 3 is 2.73 bits per heavy atom. The van der Waals surface area contributed by atoms with Crippen molar-refractivity contribution in [1.29, 1.82) is 0 Å². The summed E-state index contributed by atoms with van der Waals surface area (Å²) in [6.45, 7) is 2.87. The third kappa shape index (κ3) is 6.04. The number of para-hydroxylation sites is 1. The zero-order chi connectivity index (χ0) is 18.8. The van der Waals surface area contributed by atoms with E-state index in [1.54, 1.807) is 32.2 Å². The van der Waals surface area contributed by atoms with Gasteiger partial charge in [0.15, 0.2) is 5.11 Å². The van der Waals surface area contributed by atoms with Crippen LogP contribution in [0.25, 0.3) is 0 Å². The number of rotatable bonds is 8. The average Bonchev–Trinajstić information content (AvgIpc) is 2.66. The number of thiocarbonyl (C=S) groups is 1. The van der Waals surface area contributed by atoms with Gasteiger partial charge in [-0.25, -0.2) is 4.79 Å². The van der Waals surface area contributed by atoms with E-state index in [1.807, 2.05) is 24.3 Å². The van der Waals surface area contributed by atoms with Crippen molar-refractivity contribution in [2.24, 2.45) is 0 Å². The summed E-state index contributed by atoms with van der Waals surface area (Å²) < 4.78 is 10.4. The maximum atomic E-state index is 11.8. The van der Waals surface area contributed by atoms with E-state index in [2.05, 4.69) is 16.7 Å². The Morgan fingerprint density at radius 1 is 1.15 bits per heavy atom. The molecule has 0 aliphatic heterocycles. The molecule has 5 nitrogen and oxygen atoms in total. The maximum absolute atomic E-state index is 11.8.